The van der Waals surface area contributed by atoms with E-state index in [0.29, 0.717) is 25.9 Å². The van der Waals surface area contributed by atoms with Crippen LogP contribution in [0.5, 0.6) is 11.9 Å². The molecule has 230 valence electrons. The summed E-state index contributed by atoms with van der Waals surface area (Å²) in [6.45, 7) is 5.54. The van der Waals surface area contributed by atoms with Crippen molar-refractivity contribution in [2.75, 3.05) is 38.5 Å². The molecule has 3 aliphatic rings. The molecule has 1 amide bonds. The van der Waals surface area contributed by atoms with Crippen LogP contribution in [0.3, 0.4) is 0 Å². The second-order valence-electron chi connectivity index (χ2n) is 11.5. The van der Waals surface area contributed by atoms with Crippen LogP contribution in [0.4, 0.5) is 18.3 Å². The maximum Gasteiger partial charge on any atom is 0.320 e. The highest BCUT2D eigenvalue weighted by Crippen LogP contribution is 2.44. The summed E-state index contributed by atoms with van der Waals surface area (Å²) in [4.78, 5) is 29.0. The molecule has 2 N–H and O–H groups in total. The predicted octanol–water partition coefficient (Wildman–Crippen LogP) is 5.54. The molecular weight excluding hydrogens is 617 g/mol. The number of amides is 1. The number of halogens is 4. The van der Waals surface area contributed by atoms with Crippen LogP contribution in [0, 0.1) is 11.6 Å². The third-order valence-electron chi connectivity index (χ3n) is 8.75. The summed E-state index contributed by atoms with van der Waals surface area (Å²) in [7, 11) is 0. The van der Waals surface area contributed by atoms with Crippen molar-refractivity contribution < 1.29 is 27.4 Å². The van der Waals surface area contributed by atoms with Crippen LogP contribution in [0.25, 0.3) is 32.2 Å². The third kappa shape index (κ3) is 4.90. The largest absolute Gasteiger partial charge is 0.472 e. The third-order valence-corrected chi connectivity index (χ3v) is 9.94. The zero-order valence-corrected chi connectivity index (χ0v) is 25.1. The first kappa shape index (κ1) is 29.1. The molecule has 3 saturated heterocycles. The lowest BCUT2D eigenvalue weighted by Crippen LogP contribution is -2.43. The molecule has 2 aromatic carbocycles. The molecule has 0 bridgehead atoms. The zero-order valence-electron chi connectivity index (χ0n) is 23.5. The molecular formula is C30H28ClF3N6O3S. The summed E-state index contributed by atoms with van der Waals surface area (Å²) in [5, 5.41) is 0.325. The fraction of sp³-hybridized carbons (Fsp3) is 0.400. The van der Waals surface area contributed by atoms with Gasteiger partial charge < -0.3 is 20.1 Å². The minimum Gasteiger partial charge on any atom is -0.472 e. The van der Waals surface area contributed by atoms with Gasteiger partial charge in [0.05, 0.1) is 32.7 Å². The summed E-state index contributed by atoms with van der Waals surface area (Å²) in [5.41, 5.74) is 5.64. The van der Waals surface area contributed by atoms with Crippen LogP contribution in [0.2, 0.25) is 5.02 Å². The molecule has 3 atom stereocenters. The summed E-state index contributed by atoms with van der Waals surface area (Å²) in [6, 6.07) is 3.96. The predicted molar refractivity (Wildman–Crippen MR) is 162 cm³/mol. The molecule has 4 aromatic rings. The highest BCUT2D eigenvalue weighted by Gasteiger charge is 2.49. The number of carbonyl (C=O) groups excluding carboxylic acids is 1. The van der Waals surface area contributed by atoms with E-state index in [1.807, 2.05) is 0 Å². The number of nitrogens with two attached hydrogens (primary N) is 1. The number of alkyl halides is 1. The fourth-order valence-electron chi connectivity index (χ4n) is 6.70. The number of hydrogen-bond donors (Lipinski definition) is 1. The van der Waals surface area contributed by atoms with Gasteiger partial charge in [-0.05, 0) is 43.7 Å². The number of aromatic nitrogens is 3. The van der Waals surface area contributed by atoms with Crippen molar-refractivity contribution in [1.82, 2.24) is 24.8 Å². The molecule has 3 aliphatic heterocycles. The van der Waals surface area contributed by atoms with Gasteiger partial charge in [-0.25, -0.2) is 18.2 Å². The smallest absolute Gasteiger partial charge is 0.320 e. The topological polar surface area (TPSA) is 107 Å². The van der Waals surface area contributed by atoms with E-state index < -0.39 is 29.4 Å². The maximum absolute atomic E-state index is 16.6. The van der Waals surface area contributed by atoms with Gasteiger partial charge in [-0.3, -0.25) is 9.69 Å². The first-order chi connectivity index (χ1) is 21.2. The Bertz CT molecular complexity index is 1820. The number of hydrogen-bond acceptors (Lipinski definition) is 9. The second-order valence-corrected chi connectivity index (χ2v) is 12.9. The summed E-state index contributed by atoms with van der Waals surface area (Å²) >= 11 is 7.64. The van der Waals surface area contributed by atoms with Crippen LogP contribution in [0.1, 0.15) is 25.7 Å². The van der Waals surface area contributed by atoms with Gasteiger partial charge in [0, 0.05) is 37.1 Å². The molecule has 7 rings (SSSR count). The average Bonchev–Trinajstić information content (AvgIpc) is 3.77. The number of anilines is 1. The second kappa shape index (κ2) is 11.0. The Morgan fingerprint density at radius 2 is 2.07 bits per heavy atom. The number of fused-ring (bicyclic) bond motifs is 3. The van der Waals surface area contributed by atoms with Gasteiger partial charge >= 0.3 is 6.01 Å². The molecule has 14 heteroatoms. The van der Waals surface area contributed by atoms with Crippen LogP contribution >= 0.6 is 22.9 Å². The lowest BCUT2D eigenvalue weighted by Gasteiger charge is -2.30. The molecule has 44 heavy (non-hydrogen) atoms. The Morgan fingerprint density at radius 3 is 2.89 bits per heavy atom. The van der Waals surface area contributed by atoms with E-state index in [9.17, 15) is 13.6 Å². The van der Waals surface area contributed by atoms with Gasteiger partial charge in [-0.15, -0.1) is 0 Å². The van der Waals surface area contributed by atoms with Gasteiger partial charge in [-0.2, -0.15) is 9.97 Å². The number of likely N-dealkylation sites (tertiary alicyclic amines) is 1. The van der Waals surface area contributed by atoms with Crippen LogP contribution in [-0.4, -0.2) is 81.3 Å². The normalized spacial score (nSPS) is 23.5. The highest BCUT2D eigenvalue weighted by atomic mass is 35.5. The Labute approximate surface area is 259 Å². The number of ether oxygens (including phenoxy) is 2. The maximum atomic E-state index is 16.6. The summed E-state index contributed by atoms with van der Waals surface area (Å²) in [5.74, 6) is -1.52. The van der Waals surface area contributed by atoms with Crippen LogP contribution in [-0.2, 0) is 4.79 Å². The fourth-order valence-corrected chi connectivity index (χ4v) is 7.76. The van der Waals surface area contributed by atoms with Gasteiger partial charge in [0.25, 0.3) is 0 Å². The van der Waals surface area contributed by atoms with Gasteiger partial charge in [-0.1, -0.05) is 29.5 Å². The minimum atomic E-state index is -0.951. The quantitative estimate of drug-likeness (QED) is 0.262. The lowest BCUT2D eigenvalue weighted by atomic mass is 9.95. The summed E-state index contributed by atoms with van der Waals surface area (Å²) in [6.07, 6.45) is 2.40. The van der Waals surface area contributed by atoms with Crippen molar-refractivity contribution in [1.29, 1.82) is 0 Å². The van der Waals surface area contributed by atoms with Crippen molar-refractivity contribution in [2.24, 2.45) is 0 Å². The Morgan fingerprint density at radius 1 is 1.23 bits per heavy atom. The van der Waals surface area contributed by atoms with E-state index in [4.69, 9.17) is 26.8 Å². The Balaban J connectivity index is 1.32. The number of nitrogen functional groups attached to an aromatic ring is 1. The van der Waals surface area contributed by atoms with Crippen molar-refractivity contribution in [3.05, 3.63) is 47.5 Å². The van der Waals surface area contributed by atoms with Crippen molar-refractivity contribution in [2.45, 2.75) is 43.5 Å². The standard InChI is InChI=1S/C30H28ClF3N6O3S/c1-2-21(41)39-9-6-16(13-39)43-27-18-10-19(31)22(17-4-5-20(33)26-25(17)36-28(35)44-26)23(34)24(18)37-29(38-27)42-14-30-7-3-8-40(30)12-15(32)11-30/h2,4-5,10,15-16H,1,3,6-9,11-14H2,(H2,35,36)/t15-,16+,30?/m1/s1. The number of nitrogens with zero attached hydrogens (tertiary/aromatic N) is 5. The molecule has 3 fully saturated rings. The molecule has 0 aliphatic carbocycles. The first-order valence-electron chi connectivity index (χ1n) is 14.3. The zero-order chi connectivity index (χ0) is 30.7. The number of thiazole rings is 1. The summed E-state index contributed by atoms with van der Waals surface area (Å²) < 4.78 is 58.0. The van der Waals surface area contributed by atoms with E-state index in [0.717, 1.165) is 30.7 Å². The highest BCUT2D eigenvalue weighted by molar-refractivity contribution is 7.22. The molecule has 5 heterocycles. The Hall–Kier alpha value is -3.68. The van der Waals surface area contributed by atoms with E-state index in [2.05, 4.69) is 26.4 Å². The number of carbonyl (C=O) groups is 1. The van der Waals surface area contributed by atoms with E-state index in [1.54, 1.807) is 4.90 Å². The first-order valence-corrected chi connectivity index (χ1v) is 15.5. The molecule has 0 radical (unpaired) electrons. The van der Waals surface area contributed by atoms with E-state index in [1.165, 1.54) is 24.3 Å². The molecule has 2 aromatic heterocycles. The minimum absolute atomic E-state index is 0.00640. The van der Waals surface area contributed by atoms with Gasteiger partial charge in [0.2, 0.25) is 11.8 Å². The average molecular weight is 645 g/mol. The Kier molecular flexibility index (Phi) is 7.29. The molecule has 0 spiro atoms. The monoisotopic (exact) mass is 644 g/mol. The molecule has 1 unspecified atom stereocenters. The van der Waals surface area contributed by atoms with E-state index >= 15 is 4.39 Å². The van der Waals surface area contributed by atoms with Crippen LogP contribution < -0.4 is 15.2 Å². The van der Waals surface area contributed by atoms with Crippen molar-refractivity contribution in [3.63, 3.8) is 0 Å². The molecule has 0 saturated carbocycles. The van der Waals surface area contributed by atoms with Gasteiger partial charge in [0.15, 0.2) is 10.9 Å². The van der Waals surface area contributed by atoms with Crippen LogP contribution in [0.15, 0.2) is 30.9 Å². The lowest BCUT2D eigenvalue weighted by molar-refractivity contribution is -0.125. The van der Waals surface area contributed by atoms with E-state index in [-0.39, 0.29) is 73.3 Å². The molecule has 9 nitrogen and oxygen atoms in total. The SMILES string of the molecule is C=CC(=O)N1CC[C@H](Oc2nc(OCC34CCCN3C[C@H](F)C4)nc3c(F)c(-c4ccc(F)c5sc(N)nc45)c(Cl)cc23)C1. The number of rotatable bonds is 7. The van der Waals surface area contributed by atoms with Crippen molar-refractivity contribution in [3.8, 4) is 23.0 Å². The van der Waals surface area contributed by atoms with Gasteiger partial charge in [0.1, 0.15) is 30.2 Å². The number of benzene rings is 2. The van der Waals surface area contributed by atoms with Crippen molar-refractivity contribution >= 4 is 55.1 Å².